The maximum absolute atomic E-state index is 13.3. The third-order valence-corrected chi connectivity index (χ3v) is 4.58. The fourth-order valence-electron chi connectivity index (χ4n) is 3.24. The lowest BCUT2D eigenvalue weighted by Crippen LogP contribution is -2.39. The average Bonchev–Trinajstić information content (AvgIpc) is 3.18. The molecule has 0 radical (unpaired) electrons. The number of H-pyrrole nitrogens is 1. The molecule has 0 saturated carbocycles. The summed E-state index contributed by atoms with van der Waals surface area (Å²) < 4.78 is 15.3. The van der Waals surface area contributed by atoms with Gasteiger partial charge in [-0.3, -0.25) is 9.67 Å². The topological polar surface area (TPSA) is 70.0 Å². The van der Waals surface area contributed by atoms with Gasteiger partial charge in [-0.25, -0.2) is 4.39 Å². The highest BCUT2D eigenvalue weighted by molar-refractivity contribution is 14.0. The van der Waals surface area contributed by atoms with Crippen LogP contribution in [0.3, 0.4) is 0 Å². The quantitative estimate of drug-likeness (QED) is 0.202. The van der Waals surface area contributed by atoms with Crippen molar-refractivity contribution in [1.29, 1.82) is 0 Å². The molecule has 0 aliphatic rings. The van der Waals surface area contributed by atoms with Gasteiger partial charge in [0.2, 0.25) is 0 Å². The highest BCUT2D eigenvalue weighted by atomic mass is 127. The lowest BCUT2D eigenvalue weighted by Gasteiger charge is -2.12. The Morgan fingerprint density at radius 1 is 1.21 bits per heavy atom. The van der Waals surface area contributed by atoms with Crippen molar-refractivity contribution in [3.05, 3.63) is 53.2 Å². The number of aryl methyl sites for hydroxylation is 3. The first-order valence-corrected chi connectivity index (χ1v) is 9.28. The third kappa shape index (κ3) is 5.70. The van der Waals surface area contributed by atoms with E-state index in [2.05, 4.69) is 38.7 Å². The summed E-state index contributed by atoms with van der Waals surface area (Å²) >= 11 is 0. The Morgan fingerprint density at radius 3 is 2.71 bits per heavy atom. The van der Waals surface area contributed by atoms with Crippen molar-refractivity contribution in [3.8, 4) is 0 Å². The highest BCUT2D eigenvalue weighted by Crippen LogP contribution is 2.19. The van der Waals surface area contributed by atoms with Crippen molar-refractivity contribution < 1.29 is 4.39 Å². The molecule has 1 aromatic carbocycles. The molecule has 3 N–H and O–H groups in total. The molecule has 0 unspecified atom stereocenters. The van der Waals surface area contributed by atoms with Gasteiger partial charge in [0, 0.05) is 49.5 Å². The van der Waals surface area contributed by atoms with Crippen LogP contribution in [0, 0.1) is 19.7 Å². The van der Waals surface area contributed by atoms with E-state index in [1.54, 1.807) is 7.05 Å². The number of hydrogen-bond donors (Lipinski definition) is 3. The second-order valence-corrected chi connectivity index (χ2v) is 6.68. The number of aromatic nitrogens is 3. The normalized spacial score (nSPS) is 11.5. The van der Waals surface area contributed by atoms with Crippen molar-refractivity contribution in [1.82, 2.24) is 25.4 Å². The number of nitrogens with zero attached hydrogens (tertiary/aromatic N) is 3. The predicted molar refractivity (Wildman–Crippen MR) is 123 cm³/mol. The van der Waals surface area contributed by atoms with Crippen molar-refractivity contribution in [2.45, 2.75) is 33.2 Å². The van der Waals surface area contributed by atoms with Gasteiger partial charge in [-0.15, -0.1) is 24.0 Å². The molecular formula is C20H28FIN6. The molecule has 0 bridgehead atoms. The summed E-state index contributed by atoms with van der Waals surface area (Å²) in [7, 11) is 1.77. The monoisotopic (exact) mass is 498 g/mol. The smallest absolute Gasteiger partial charge is 0.190 e. The molecule has 3 aromatic rings. The van der Waals surface area contributed by atoms with Gasteiger partial charge in [0.1, 0.15) is 5.82 Å². The molecule has 0 amide bonds. The van der Waals surface area contributed by atoms with Gasteiger partial charge >= 0.3 is 0 Å². The van der Waals surface area contributed by atoms with Crippen LogP contribution in [0.1, 0.15) is 23.4 Å². The largest absolute Gasteiger partial charge is 0.361 e. The van der Waals surface area contributed by atoms with Gasteiger partial charge in [-0.1, -0.05) is 0 Å². The Kier molecular flexibility index (Phi) is 8.28. The third-order valence-electron chi connectivity index (χ3n) is 4.58. The number of fused-ring (bicyclic) bond motifs is 1. The summed E-state index contributed by atoms with van der Waals surface area (Å²) in [5.74, 6) is 0.563. The summed E-state index contributed by atoms with van der Waals surface area (Å²) in [4.78, 5) is 7.38. The van der Waals surface area contributed by atoms with Crippen LogP contribution in [-0.2, 0) is 13.0 Å². The summed E-state index contributed by atoms with van der Waals surface area (Å²) in [5, 5.41) is 12.2. The zero-order valence-electron chi connectivity index (χ0n) is 16.6. The fraction of sp³-hybridized carbons (Fsp3) is 0.400. The minimum absolute atomic E-state index is 0. The molecule has 6 nitrogen and oxygen atoms in total. The van der Waals surface area contributed by atoms with E-state index in [0.29, 0.717) is 0 Å². The molecule has 3 rings (SSSR count). The van der Waals surface area contributed by atoms with E-state index in [0.717, 1.165) is 60.6 Å². The van der Waals surface area contributed by atoms with Gasteiger partial charge in [0.05, 0.1) is 5.69 Å². The molecule has 0 fully saturated rings. The van der Waals surface area contributed by atoms with Gasteiger partial charge < -0.3 is 15.6 Å². The average molecular weight is 498 g/mol. The molecule has 8 heteroatoms. The number of aromatic amines is 1. The van der Waals surface area contributed by atoms with Crippen LogP contribution in [0.4, 0.5) is 4.39 Å². The molecule has 0 saturated heterocycles. The number of halogens is 2. The number of nitrogens with one attached hydrogen (secondary N) is 3. The van der Waals surface area contributed by atoms with Crippen molar-refractivity contribution in [2.24, 2.45) is 4.99 Å². The summed E-state index contributed by atoms with van der Waals surface area (Å²) in [6.07, 6.45) is 3.74. The first-order chi connectivity index (χ1) is 13.1. The van der Waals surface area contributed by atoms with Crippen LogP contribution in [0.2, 0.25) is 0 Å². The van der Waals surface area contributed by atoms with E-state index < -0.39 is 0 Å². The Morgan fingerprint density at radius 2 is 2.00 bits per heavy atom. The van der Waals surface area contributed by atoms with Gasteiger partial charge in [0.25, 0.3) is 0 Å². The number of aliphatic imine (C=N–C) groups is 1. The molecular weight excluding hydrogens is 470 g/mol. The van der Waals surface area contributed by atoms with E-state index in [9.17, 15) is 4.39 Å². The molecule has 0 atom stereocenters. The highest BCUT2D eigenvalue weighted by Gasteiger charge is 2.05. The van der Waals surface area contributed by atoms with Crippen LogP contribution in [0.25, 0.3) is 10.9 Å². The second kappa shape index (κ2) is 10.4. The van der Waals surface area contributed by atoms with Gasteiger partial charge in [0.15, 0.2) is 5.96 Å². The Balaban J connectivity index is 0.00000280. The molecule has 0 aliphatic carbocycles. The zero-order valence-corrected chi connectivity index (χ0v) is 18.9. The SMILES string of the molecule is CN=C(NCCCn1nc(C)cc1C)NCCc1c[nH]c2cc(F)ccc12.I. The maximum atomic E-state index is 13.3. The van der Waals surface area contributed by atoms with Crippen molar-refractivity contribution in [2.75, 3.05) is 20.1 Å². The minimum Gasteiger partial charge on any atom is -0.361 e. The molecule has 0 aliphatic heterocycles. The number of benzene rings is 1. The standard InChI is InChI=1S/C20H27FN6.HI/c1-14-11-15(2)27(26-14)10-4-8-23-20(22-3)24-9-7-16-13-25-19-12-17(21)5-6-18(16)19;/h5-6,11-13,25H,4,7-10H2,1-3H3,(H2,22,23,24);1H. The number of guanidine groups is 1. The van der Waals surface area contributed by atoms with Crippen molar-refractivity contribution in [3.63, 3.8) is 0 Å². The fourth-order valence-corrected chi connectivity index (χ4v) is 3.24. The van der Waals surface area contributed by atoms with E-state index in [-0.39, 0.29) is 29.8 Å². The predicted octanol–water partition coefficient (Wildman–Crippen LogP) is 3.54. The van der Waals surface area contributed by atoms with Crippen LogP contribution in [0.15, 0.2) is 35.5 Å². The molecule has 152 valence electrons. The minimum atomic E-state index is -0.223. The summed E-state index contributed by atoms with van der Waals surface area (Å²) in [6.45, 7) is 6.55. The number of rotatable bonds is 7. The van der Waals surface area contributed by atoms with Crippen LogP contribution < -0.4 is 10.6 Å². The van der Waals surface area contributed by atoms with E-state index in [1.807, 2.05) is 23.9 Å². The molecule has 28 heavy (non-hydrogen) atoms. The summed E-state index contributed by atoms with van der Waals surface area (Å²) in [5.41, 5.74) is 4.24. The summed E-state index contributed by atoms with van der Waals surface area (Å²) in [6, 6.07) is 6.93. The van der Waals surface area contributed by atoms with E-state index in [1.165, 1.54) is 17.8 Å². The second-order valence-electron chi connectivity index (χ2n) is 6.68. The number of hydrogen-bond acceptors (Lipinski definition) is 2. The van der Waals surface area contributed by atoms with Gasteiger partial charge in [-0.05, 0) is 56.5 Å². The first-order valence-electron chi connectivity index (χ1n) is 9.28. The molecule has 0 spiro atoms. The van der Waals surface area contributed by atoms with Crippen LogP contribution in [-0.4, -0.2) is 40.9 Å². The maximum Gasteiger partial charge on any atom is 0.190 e. The zero-order chi connectivity index (χ0) is 19.2. The Labute approximate surface area is 182 Å². The van der Waals surface area contributed by atoms with Crippen molar-refractivity contribution >= 4 is 40.8 Å². The lowest BCUT2D eigenvalue weighted by molar-refractivity contribution is 0.555. The first kappa shape index (κ1) is 22.2. The lowest BCUT2D eigenvalue weighted by atomic mass is 10.1. The van der Waals surface area contributed by atoms with Gasteiger partial charge in [-0.2, -0.15) is 5.10 Å². The molecule has 2 aromatic heterocycles. The Bertz CT molecular complexity index is 930. The Hall–Kier alpha value is -2.10. The van der Waals surface area contributed by atoms with E-state index in [4.69, 9.17) is 0 Å². The van der Waals surface area contributed by atoms with E-state index >= 15 is 0 Å². The molecule has 2 heterocycles. The van der Waals surface area contributed by atoms with Crippen LogP contribution >= 0.6 is 24.0 Å². The van der Waals surface area contributed by atoms with Crippen LogP contribution in [0.5, 0.6) is 0 Å².